The highest BCUT2D eigenvalue weighted by atomic mass is 15.3. The summed E-state index contributed by atoms with van der Waals surface area (Å²) >= 11 is 0. The third-order valence-corrected chi connectivity index (χ3v) is 3.81. The number of nitrogens with zero attached hydrogens (tertiary/aromatic N) is 2. The zero-order valence-corrected chi connectivity index (χ0v) is 11.6. The first-order valence-electron chi connectivity index (χ1n) is 6.89. The van der Waals surface area contributed by atoms with Crippen LogP contribution in [0.4, 0.5) is 0 Å². The van der Waals surface area contributed by atoms with Crippen LogP contribution in [-0.4, -0.2) is 49.1 Å². The summed E-state index contributed by atoms with van der Waals surface area (Å²) in [7, 11) is 2.20. The Morgan fingerprint density at radius 3 is 2.44 bits per heavy atom. The molecule has 3 nitrogen and oxygen atoms in total. The molecule has 0 radical (unpaired) electrons. The Hall–Kier alpha value is -0.900. The normalized spacial score (nSPS) is 22.3. The predicted molar refractivity (Wildman–Crippen MR) is 76.6 cm³/mol. The van der Waals surface area contributed by atoms with E-state index in [-0.39, 0.29) is 0 Å². The molecule has 1 unspecified atom stereocenters. The van der Waals surface area contributed by atoms with E-state index in [4.69, 9.17) is 5.73 Å². The molecular weight excluding hydrogens is 222 g/mol. The fourth-order valence-electron chi connectivity index (χ4n) is 2.62. The van der Waals surface area contributed by atoms with Crippen LogP contribution in [0.15, 0.2) is 24.3 Å². The van der Waals surface area contributed by atoms with E-state index in [2.05, 4.69) is 48.0 Å². The van der Waals surface area contributed by atoms with Crippen LogP contribution in [0.5, 0.6) is 0 Å². The first kappa shape index (κ1) is 13.5. The second-order valence-corrected chi connectivity index (χ2v) is 5.44. The molecule has 18 heavy (non-hydrogen) atoms. The summed E-state index contributed by atoms with van der Waals surface area (Å²) in [6.07, 6.45) is 0.977. The molecule has 0 amide bonds. The van der Waals surface area contributed by atoms with Crippen molar-refractivity contribution in [2.75, 3.05) is 33.2 Å². The maximum absolute atomic E-state index is 5.57. The number of likely N-dealkylation sites (N-methyl/N-ethyl adjacent to an activating group) is 1. The summed E-state index contributed by atoms with van der Waals surface area (Å²) in [6.45, 7) is 7.63. The summed E-state index contributed by atoms with van der Waals surface area (Å²) in [6, 6.07) is 9.56. The highest BCUT2D eigenvalue weighted by molar-refractivity contribution is 5.22. The van der Waals surface area contributed by atoms with Crippen molar-refractivity contribution >= 4 is 0 Å². The molecule has 100 valence electrons. The Kier molecular flexibility index (Phi) is 4.75. The Morgan fingerprint density at radius 2 is 1.83 bits per heavy atom. The maximum Gasteiger partial charge on any atom is 0.0237 e. The van der Waals surface area contributed by atoms with E-state index in [0.717, 1.165) is 19.5 Å². The molecule has 0 aromatic heterocycles. The number of hydrogen-bond donors (Lipinski definition) is 1. The van der Waals surface area contributed by atoms with E-state index in [0.29, 0.717) is 6.04 Å². The van der Waals surface area contributed by atoms with Gasteiger partial charge in [0, 0.05) is 32.2 Å². The van der Waals surface area contributed by atoms with Crippen molar-refractivity contribution in [1.29, 1.82) is 0 Å². The van der Waals surface area contributed by atoms with Crippen molar-refractivity contribution in [3.05, 3.63) is 35.4 Å². The van der Waals surface area contributed by atoms with Crippen molar-refractivity contribution in [3.8, 4) is 0 Å². The molecular formula is C15H25N3. The minimum Gasteiger partial charge on any atom is -0.330 e. The molecule has 0 saturated carbocycles. The van der Waals surface area contributed by atoms with Crippen LogP contribution in [0, 0.1) is 0 Å². The number of rotatable bonds is 4. The molecule has 0 spiro atoms. The molecule has 1 aromatic rings. The summed E-state index contributed by atoms with van der Waals surface area (Å²) in [4.78, 5) is 4.98. The van der Waals surface area contributed by atoms with Crippen LogP contribution < -0.4 is 5.73 Å². The zero-order valence-electron chi connectivity index (χ0n) is 11.6. The number of hydrogen-bond acceptors (Lipinski definition) is 3. The highest BCUT2D eigenvalue weighted by Crippen LogP contribution is 2.13. The van der Waals surface area contributed by atoms with Gasteiger partial charge in [-0.15, -0.1) is 0 Å². The Balaban J connectivity index is 1.92. The van der Waals surface area contributed by atoms with Gasteiger partial charge in [0.2, 0.25) is 0 Å². The SMILES string of the molecule is CC1CN(C)CCN1Cc1ccc(CCN)cc1. The molecule has 1 aliphatic rings. The van der Waals surface area contributed by atoms with E-state index in [1.165, 1.54) is 30.8 Å². The van der Waals surface area contributed by atoms with Crippen LogP contribution in [-0.2, 0) is 13.0 Å². The van der Waals surface area contributed by atoms with Crippen molar-refractivity contribution in [2.24, 2.45) is 5.73 Å². The average Bonchev–Trinajstić information content (AvgIpc) is 2.35. The first-order chi connectivity index (χ1) is 8.69. The van der Waals surface area contributed by atoms with E-state index in [1.54, 1.807) is 0 Å². The molecule has 0 bridgehead atoms. The van der Waals surface area contributed by atoms with E-state index in [9.17, 15) is 0 Å². The standard InChI is InChI=1S/C15H25N3/c1-13-11-17(2)9-10-18(13)12-15-5-3-14(4-6-15)7-8-16/h3-6,13H,7-12,16H2,1-2H3. The maximum atomic E-state index is 5.57. The van der Waals surface area contributed by atoms with Gasteiger partial charge in [0.15, 0.2) is 0 Å². The van der Waals surface area contributed by atoms with Gasteiger partial charge in [0.1, 0.15) is 0 Å². The summed E-state index contributed by atoms with van der Waals surface area (Å²) in [5.74, 6) is 0. The molecule has 1 saturated heterocycles. The molecule has 2 N–H and O–H groups in total. The van der Waals surface area contributed by atoms with E-state index in [1.807, 2.05) is 0 Å². The lowest BCUT2D eigenvalue weighted by Crippen LogP contribution is -2.49. The minimum atomic E-state index is 0.646. The van der Waals surface area contributed by atoms with Gasteiger partial charge < -0.3 is 10.6 Å². The fourth-order valence-corrected chi connectivity index (χ4v) is 2.62. The molecule has 0 aliphatic carbocycles. The van der Waals surface area contributed by atoms with Gasteiger partial charge in [-0.2, -0.15) is 0 Å². The van der Waals surface area contributed by atoms with Gasteiger partial charge in [-0.1, -0.05) is 24.3 Å². The Morgan fingerprint density at radius 1 is 1.17 bits per heavy atom. The molecule has 1 aliphatic heterocycles. The first-order valence-corrected chi connectivity index (χ1v) is 6.89. The van der Waals surface area contributed by atoms with Crippen molar-refractivity contribution < 1.29 is 0 Å². The van der Waals surface area contributed by atoms with Crippen molar-refractivity contribution in [3.63, 3.8) is 0 Å². The van der Waals surface area contributed by atoms with Crippen LogP contribution in [0.2, 0.25) is 0 Å². The quantitative estimate of drug-likeness (QED) is 0.871. The topological polar surface area (TPSA) is 32.5 Å². The largest absolute Gasteiger partial charge is 0.330 e. The lowest BCUT2D eigenvalue weighted by Gasteiger charge is -2.38. The van der Waals surface area contributed by atoms with E-state index < -0.39 is 0 Å². The molecule has 3 heteroatoms. The van der Waals surface area contributed by atoms with Crippen LogP contribution in [0.25, 0.3) is 0 Å². The van der Waals surface area contributed by atoms with Gasteiger partial charge in [0.25, 0.3) is 0 Å². The summed E-state index contributed by atoms with van der Waals surface area (Å²) in [5, 5.41) is 0. The molecule has 1 fully saturated rings. The highest BCUT2D eigenvalue weighted by Gasteiger charge is 2.20. The smallest absolute Gasteiger partial charge is 0.0237 e. The predicted octanol–water partition coefficient (Wildman–Crippen LogP) is 1.32. The molecule has 1 heterocycles. The van der Waals surface area contributed by atoms with Crippen LogP contribution in [0.3, 0.4) is 0 Å². The Bertz CT molecular complexity index is 361. The third kappa shape index (κ3) is 3.55. The van der Waals surface area contributed by atoms with Gasteiger partial charge in [0.05, 0.1) is 0 Å². The molecule has 2 rings (SSSR count). The third-order valence-electron chi connectivity index (χ3n) is 3.81. The number of nitrogens with two attached hydrogens (primary N) is 1. The number of benzene rings is 1. The van der Waals surface area contributed by atoms with Gasteiger partial charge >= 0.3 is 0 Å². The monoisotopic (exact) mass is 247 g/mol. The van der Waals surface area contributed by atoms with Crippen LogP contribution in [0.1, 0.15) is 18.1 Å². The molecule has 1 aromatic carbocycles. The molecule has 1 atom stereocenters. The Labute approximate surface area is 111 Å². The fraction of sp³-hybridized carbons (Fsp3) is 0.600. The van der Waals surface area contributed by atoms with Gasteiger partial charge in [-0.25, -0.2) is 0 Å². The average molecular weight is 247 g/mol. The minimum absolute atomic E-state index is 0.646. The number of piperazine rings is 1. The summed E-state index contributed by atoms with van der Waals surface area (Å²) in [5.41, 5.74) is 8.32. The second kappa shape index (κ2) is 6.32. The van der Waals surface area contributed by atoms with Crippen molar-refractivity contribution in [1.82, 2.24) is 9.80 Å². The lowest BCUT2D eigenvalue weighted by molar-refractivity contribution is 0.0938. The van der Waals surface area contributed by atoms with Gasteiger partial charge in [-0.05, 0) is 38.1 Å². The zero-order chi connectivity index (χ0) is 13.0. The van der Waals surface area contributed by atoms with Crippen molar-refractivity contribution in [2.45, 2.75) is 25.9 Å². The second-order valence-electron chi connectivity index (χ2n) is 5.44. The van der Waals surface area contributed by atoms with Crippen LogP contribution >= 0.6 is 0 Å². The van der Waals surface area contributed by atoms with E-state index >= 15 is 0 Å². The van der Waals surface area contributed by atoms with Gasteiger partial charge in [-0.3, -0.25) is 4.90 Å². The summed E-state index contributed by atoms with van der Waals surface area (Å²) < 4.78 is 0. The lowest BCUT2D eigenvalue weighted by atomic mass is 10.1.